The Kier molecular flexibility index (Phi) is 4.18. The Morgan fingerprint density at radius 1 is 1.11 bits per heavy atom. The molecule has 0 atom stereocenters. The first-order valence-corrected chi connectivity index (χ1v) is 6.28. The first kappa shape index (κ1) is 13.1. The largest absolute Gasteiger partial charge is 0.507 e. The van der Waals surface area contributed by atoms with E-state index < -0.39 is 0 Å². The molecule has 0 saturated heterocycles. The lowest BCUT2D eigenvalue weighted by Crippen LogP contribution is -2.02. The standard InChI is InChI=1S/C16H16O3/c1-2-11-19-13-9-7-12(8-10-13)16(18)14-5-3-4-6-15(14)17/h3-10,17H,2,11H2,1H3. The normalized spacial score (nSPS) is 10.2. The van der Waals surface area contributed by atoms with Crippen molar-refractivity contribution in [3.05, 3.63) is 59.7 Å². The molecule has 3 heteroatoms. The minimum absolute atomic E-state index is 0.00110. The van der Waals surface area contributed by atoms with Crippen molar-refractivity contribution in [3.8, 4) is 11.5 Å². The van der Waals surface area contributed by atoms with Gasteiger partial charge in [0.25, 0.3) is 0 Å². The molecule has 0 heterocycles. The first-order valence-electron chi connectivity index (χ1n) is 6.28. The predicted molar refractivity (Wildman–Crippen MR) is 73.8 cm³/mol. The van der Waals surface area contributed by atoms with Crippen molar-refractivity contribution in [3.63, 3.8) is 0 Å². The van der Waals surface area contributed by atoms with Crippen molar-refractivity contribution in [1.82, 2.24) is 0 Å². The maximum absolute atomic E-state index is 12.2. The number of phenols is 1. The number of hydrogen-bond donors (Lipinski definition) is 1. The van der Waals surface area contributed by atoms with Gasteiger partial charge in [-0.1, -0.05) is 19.1 Å². The van der Waals surface area contributed by atoms with Crippen molar-refractivity contribution in [2.45, 2.75) is 13.3 Å². The smallest absolute Gasteiger partial charge is 0.196 e. The van der Waals surface area contributed by atoms with E-state index in [4.69, 9.17) is 4.74 Å². The fourth-order valence-electron chi connectivity index (χ4n) is 1.74. The third-order valence-electron chi connectivity index (χ3n) is 2.74. The molecule has 0 aromatic heterocycles. The van der Waals surface area contributed by atoms with Crippen LogP contribution in [0.15, 0.2) is 48.5 Å². The fraction of sp³-hybridized carbons (Fsp3) is 0.188. The lowest BCUT2D eigenvalue weighted by atomic mass is 10.0. The van der Waals surface area contributed by atoms with Gasteiger partial charge in [0.15, 0.2) is 5.78 Å². The molecule has 0 radical (unpaired) electrons. The Morgan fingerprint density at radius 2 is 1.79 bits per heavy atom. The number of benzene rings is 2. The molecule has 2 aromatic carbocycles. The maximum atomic E-state index is 12.2. The SMILES string of the molecule is CCCOc1ccc(C(=O)c2ccccc2O)cc1. The quantitative estimate of drug-likeness (QED) is 0.834. The highest BCUT2D eigenvalue weighted by Crippen LogP contribution is 2.21. The van der Waals surface area contributed by atoms with E-state index in [1.54, 1.807) is 42.5 Å². The lowest BCUT2D eigenvalue weighted by Gasteiger charge is -2.06. The van der Waals surface area contributed by atoms with Crippen molar-refractivity contribution in [2.24, 2.45) is 0 Å². The van der Waals surface area contributed by atoms with Crippen LogP contribution in [-0.4, -0.2) is 17.5 Å². The second-order valence-electron chi connectivity index (χ2n) is 4.22. The molecule has 0 aliphatic rings. The van der Waals surface area contributed by atoms with Gasteiger partial charge in [-0.25, -0.2) is 0 Å². The van der Waals surface area contributed by atoms with Crippen LogP contribution in [0.2, 0.25) is 0 Å². The van der Waals surface area contributed by atoms with Crippen LogP contribution in [0.1, 0.15) is 29.3 Å². The predicted octanol–water partition coefficient (Wildman–Crippen LogP) is 3.41. The highest BCUT2D eigenvalue weighted by Gasteiger charge is 2.12. The second kappa shape index (κ2) is 6.05. The van der Waals surface area contributed by atoms with E-state index in [1.807, 2.05) is 6.92 Å². The van der Waals surface area contributed by atoms with Crippen LogP contribution in [0.4, 0.5) is 0 Å². The number of aromatic hydroxyl groups is 1. The highest BCUT2D eigenvalue weighted by molar-refractivity contribution is 6.10. The third kappa shape index (κ3) is 3.13. The van der Waals surface area contributed by atoms with Gasteiger partial charge >= 0.3 is 0 Å². The number of rotatable bonds is 5. The highest BCUT2D eigenvalue weighted by atomic mass is 16.5. The van der Waals surface area contributed by atoms with Gasteiger partial charge < -0.3 is 9.84 Å². The van der Waals surface area contributed by atoms with Crippen molar-refractivity contribution in [2.75, 3.05) is 6.61 Å². The van der Waals surface area contributed by atoms with Gasteiger partial charge in [0.05, 0.1) is 12.2 Å². The van der Waals surface area contributed by atoms with Crippen LogP contribution >= 0.6 is 0 Å². The van der Waals surface area contributed by atoms with Crippen molar-refractivity contribution >= 4 is 5.78 Å². The molecule has 0 aliphatic carbocycles. The molecular weight excluding hydrogens is 240 g/mol. The Bertz CT molecular complexity index is 558. The zero-order valence-corrected chi connectivity index (χ0v) is 10.8. The molecule has 0 bridgehead atoms. The average molecular weight is 256 g/mol. The Morgan fingerprint density at radius 3 is 2.42 bits per heavy atom. The number of carbonyl (C=O) groups is 1. The minimum Gasteiger partial charge on any atom is -0.507 e. The molecule has 3 nitrogen and oxygen atoms in total. The molecule has 98 valence electrons. The number of ketones is 1. The number of carbonyl (C=O) groups excluding carboxylic acids is 1. The number of hydrogen-bond acceptors (Lipinski definition) is 3. The van der Waals surface area contributed by atoms with E-state index in [0.29, 0.717) is 17.7 Å². The van der Waals surface area contributed by atoms with E-state index in [0.717, 1.165) is 12.2 Å². The van der Waals surface area contributed by atoms with E-state index in [2.05, 4.69) is 0 Å². The second-order valence-corrected chi connectivity index (χ2v) is 4.22. The van der Waals surface area contributed by atoms with Gasteiger partial charge in [0, 0.05) is 5.56 Å². The summed E-state index contributed by atoms with van der Waals surface area (Å²) in [6, 6.07) is 13.5. The summed E-state index contributed by atoms with van der Waals surface area (Å²) in [5.41, 5.74) is 0.843. The summed E-state index contributed by atoms with van der Waals surface area (Å²) in [7, 11) is 0. The van der Waals surface area contributed by atoms with E-state index in [9.17, 15) is 9.90 Å². The molecule has 0 spiro atoms. The first-order chi connectivity index (χ1) is 9.22. The molecule has 0 saturated carbocycles. The van der Waals surface area contributed by atoms with E-state index >= 15 is 0 Å². The lowest BCUT2D eigenvalue weighted by molar-refractivity contribution is 0.103. The van der Waals surface area contributed by atoms with Crippen LogP contribution < -0.4 is 4.74 Å². The third-order valence-corrected chi connectivity index (χ3v) is 2.74. The summed E-state index contributed by atoms with van der Waals surface area (Å²) >= 11 is 0. The molecule has 0 amide bonds. The number of ether oxygens (including phenoxy) is 1. The van der Waals surface area contributed by atoms with E-state index in [-0.39, 0.29) is 11.5 Å². The molecule has 0 aliphatic heterocycles. The van der Waals surface area contributed by atoms with Crippen LogP contribution in [0, 0.1) is 0 Å². The monoisotopic (exact) mass is 256 g/mol. The molecule has 0 fully saturated rings. The minimum atomic E-state index is -0.194. The van der Waals surface area contributed by atoms with Gasteiger partial charge in [-0.05, 0) is 42.8 Å². The van der Waals surface area contributed by atoms with Gasteiger partial charge in [0.1, 0.15) is 11.5 Å². The van der Waals surface area contributed by atoms with E-state index in [1.165, 1.54) is 6.07 Å². The summed E-state index contributed by atoms with van der Waals surface area (Å²) in [4.78, 5) is 12.2. The topological polar surface area (TPSA) is 46.5 Å². The molecule has 19 heavy (non-hydrogen) atoms. The zero-order valence-electron chi connectivity index (χ0n) is 10.8. The fourth-order valence-corrected chi connectivity index (χ4v) is 1.74. The van der Waals surface area contributed by atoms with Crippen molar-refractivity contribution < 1.29 is 14.6 Å². The summed E-state index contributed by atoms with van der Waals surface area (Å²) < 4.78 is 5.46. The Balaban J connectivity index is 2.18. The van der Waals surface area contributed by atoms with Crippen LogP contribution in [-0.2, 0) is 0 Å². The summed E-state index contributed by atoms with van der Waals surface area (Å²) in [6.07, 6.45) is 0.943. The van der Waals surface area contributed by atoms with Gasteiger partial charge in [-0.15, -0.1) is 0 Å². The molecule has 1 N–H and O–H groups in total. The zero-order chi connectivity index (χ0) is 13.7. The molecule has 2 rings (SSSR count). The molecule has 0 unspecified atom stereocenters. The average Bonchev–Trinajstić information content (AvgIpc) is 2.45. The molecular formula is C16H16O3. The van der Waals surface area contributed by atoms with Gasteiger partial charge in [0.2, 0.25) is 0 Å². The molecule has 2 aromatic rings. The Labute approximate surface area is 112 Å². The van der Waals surface area contributed by atoms with Crippen LogP contribution in [0.5, 0.6) is 11.5 Å². The van der Waals surface area contributed by atoms with Crippen molar-refractivity contribution in [1.29, 1.82) is 0 Å². The van der Waals surface area contributed by atoms with Gasteiger partial charge in [-0.2, -0.15) is 0 Å². The van der Waals surface area contributed by atoms with Crippen LogP contribution in [0.25, 0.3) is 0 Å². The number of para-hydroxylation sites is 1. The van der Waals surface area contributed by atoms with Gasteiger partial charge in [-0.3, -0.25) is 4.79 Å². The summed E-state index contributed by atoms with van der Waals surface area (Å²) in [6.45, 7) is 2.70. The Hall–Kier alpha value is -2.29. The summed E-state index contributed by atoms with van der Waals surface area (Å²) in [5.74, 6) is 0.551. The maximum Gasteiger partial charge on any atom is 0.196 e. The van der Waals surface area contributed by atoms with Crippen LogP contribution in [0.3, 0.4) is 0 Å². The number of phenolic OH excluding ortho intramolecular Hbond substituents is 1. The summed E-state index contributed by atoms with van der Waals surface area (Å²) in [5, 5.41) is 9.67.